The van der Waals surface area contributed by atoms with E-state index in [0.717, 1.165) is 25.8 Å². The summed E-state index contributed by atoms with van der Waals surface area (Å²) < 4.78 is 0. The molecule has 2 N–H and O–H groups in total. The molecule has 2 fully saturated rings. The summed E-state index contributed by atoms with van der Waals surface area (Å²) in [5.74, 6) is 0.763. The van der Waals surface area contributed by atoms with Crippen molar-refractivity contribution in [1.29, 1.82) is 0 Å². The molecular weight excluding hydrogens is 226 g/mol. The monoisotopic (exact) mass is 253 g/mol. The molecular formula is C14H27N3O. The molecule has 4 unspecified atom stereocenters. The lowest BCUT2D eigenvalue weighted by Gasteiger charge is -2.41. The number of amides is 1. The Kier molecular flexibility index (Phi) is 4.28. The Bertz CT molecular complexity index is 303. The van der Waals surface area contributed by atoms with Gasteiger partial charge in [0.2, 0.25) is 5.91 Å². The van der Waals surface area contributed by atoms with Gasteiger partial charge in [-0.1, -0.05) is 6.92 Å². The Labute approximate surface area is 110 Å². The van der Waals surface area contributed by atoms with E-state index in [4.69, 9.17) is 0 Å². The van der Waals surface area contributed by atoms with Gasteiger partial charge in [0.05, 0.1) is 6.04 Å². The molecule has 1 aliphatic carbocycles. The number of carbonyl (C=O) groups is 1. The largest absolute Gasteiger partial charge is 0.352 e. The zero-order valence-corrected chi connectivity index (χ0v) is 12.1. The molecule has 2 aliphatic rings. The summed E-state index contributed by atoms with van der Waals surface area (Å²) in [4.78, 5) is 14.3. The van der Waals surface area contributed by atoms with E-state index in [-0.39, 0.29) is 11.9 Å². The number of carbonyl (C=O) groups excluding carboxylic acids is 1. The molecule has 0 aromatic carbocycles. The fraction of sp³-hybridized carbons (Fsp3) is 0.929. The van der Waals surface area contributed by atoms with Crippen LogP contribution >= 0.6 is 0 Å². The number of nitrogens with zero attached hydrogens (tertiary/aromatic N) is 1. The molecule has 4 nitrogen and oxygen atoms in total. The molecule has 2 rings (SSSR count). The number of nitrogens with one attached hydrogen (secondary N) is 2. The molecule has 4 atom stereocenters. The van der Waals surface area contributed by atoms with Crippen molar-refractivity contribution in [3.63, 3.8) is 0 Å². The summed E-state index contributed by atoms with van der Waals surface area (Å²) in [5.41, 5.74) is 0. The number of hydrogen-bond acceptors (Lipinski definition) is 3. The highest BCUT2D eigenvalue weighted by atomic mass is 16.2. The van der Waals surface area contributed by atoms with Crippen LogP contribution in [0.5, 0.6) is 0 Å². The van der Waals surface area contributed by atoms with Gasteiger partial charge in [0.25, 0.3) is 0 Å². The maximum Gasteiger partial charge on any atom is 0.237 e. The Hall–Kier alpha value is -0.610. The van der Waals surface area contributed by atoms with Crippen molar-refractivity contribution >= 4 is 5.91 Å². The van der Waals surface area contributed by atoms with Crippen molar-refractivity contribution in [3.05, 3.63) is 0 Å². The van der Waals surface area contributed by atoms with Gasteiger partial charge in [0.1, 0.15) is 0 Å². The van der Waals surface area contributed by atoms with E-state index in [1.54, 1.807) is 0 Å². The molecule has 0 bridgehead atoms. The average molecular weight is 253 g/mol. The SMILES string of the molecule is CC(NC1CC(C)N(C)CC1C)C(=O)NC1CC1. The second-order valence-electron chi connectivity index (χ2n) is 6.28. The molecule has 1 saturated carbocycles. The van der Waals surface area contributed by atoms with E-state index in [1.807, 2.05) is 6.92 Å². The van der Waals surface area contributed by atoms with Gasteiger partial charge in [-0.25, -0.2) is 0 Å². The van der Waals surface area contributed by atoms with Crippen molar-refractivity contribution in [3.8, 4) is 0 Å². The van der Waals surface area contributed by atoms with Gasteiger partial charge in [-0.3, -0.25) is 4.79 Å². The first-order chi connectivity index (χ1) is 8.47. The second kappa shape index (κ2) is 5.57. The molecule has 0 aromatic heterocycles. The Morgan fingerprint density at radius 2 is 2.00 bits per heavy atom. The fourth-order valence-corrected chi connectivity index (χ4v) is 2.72. The van der Waals surface area contributed by atoms with Crippen molar-refractivity contribution in [1.82, 2.24) is 15.5 Å². The van der Waals surface area contributed by atoms with Crippen LogP contribution in [0.4, 0.5) is 0 Å². The molecule has 104 valence electrons. The fourth-order valence-electron chi connectivity index (χ4n) is 2.72. The Balaban J connectivity index is 1.81. The highest BCUT2D eigenvalue weighted by Gasteiger charge is 2.32. The van der Waals surface area contributed by atoms with Crippen molar-refractivity contribution in [2.75, 3.05) is 13.6 Å². The van der Waals surface area contributed by atoms with Crippen LogP contribution in [0, 0.1) is 5.92 Å². The molecule has 0 spiro atoms. The minimum Gasteiger partial charge on any atom is -0.352 e. The van der Waals surface area contributed by atoms with Gasteiger partial charge in [0, 0.05) is 24.7 Å². The van der Waals surface area contributed by atoms with E-state index in [9.17, 15) is 4.79 Å². The maximum atomic E-state index is 11.9. The number of piperidine rings is 1. The predicted molar refractivity (Wildman–Crippen MR) is 73.4 cm³/mol. The number of hydrogen-bond donors (Lipinski definition) is 2. The highest BCUT2D eigenvalue weighted by molar-refractivity contribution is 5.81. The summed E-state index contributed by atoms with van der Waals surface area (Å²) in [6, 6.07) is 1.43. The van der Waals surface area contributed by atoms with Gasteiger partial charge in [-0.2, -0.15) is 0 Å². The number of rotatable bonds is 4. The predicted octanol–water partition coefficient (Wildman–Crippen LogP) is 0.972. The quantitative estimate of drug-likeness (QED) is 0.785. The normalized spacial score (nSPS) is 35.2. The summed E-state index contributed by atoms with van der Waals surface area (Å²) in [6.07, 6.45) is 3.43. The third-order valence-corrected chi connectivity index (χ3v) is 4.39. The summed E-state index contributed by atoms with van der Waals surface area (Å²) in [6.45, 7) is 7.62. The number of likely N-dealkylation sites (tertiary alicyclic amines) is 1. The third-order valence-electron chi connectivity index (χ3n) is 4.39. The zero-order valence-electron chi connectivity index (χ0n) is 12.1. The smallest absolute Gasteiger partial charge is 0.237 e. The van der Waals surface area contributed by atoms with E-state index >= 15 is 0 Å². The van der Waals surface area contributed by atoms with E-state index < -0.39 is 0 Å². The van der Waals surface area contributed by atoms with Crippen LogP contribution < -0.4 is 10.6 Å². The minimum absolute atomic E-state index is 0.0753. The molecule has 4 heteroatoms. The lowest BCUT2D eigenvalue weighted by atomic mass is 9.89. The van der Waals surface area contributed by atoms with Crippen LogP contribution in [0.15, 0.2) is 0 Å². The van der Waals surface area contributed by atoms with Gasteiger partial charge in [0.15, 0.2) is 0 Å². The Morgan fingerprint density at radius 1 is 1.33 bits per heavy atom. The molecule has 1 aliphatic heterocycles. The lowest BCUT2D eigenvalue weighted by molar-refractivity contribution is -0.123. The van der Waals surface area contributed by atoms with Gasteiger partial charge in [-0.05, 0) is 46.1 Å². The molecule has 1 saturated heterocycles. The minimum atomic E-state index is -0.0753. The Morgan fingerprint density at radius 3 is 2.61 bits per heavy atom. The van der Waals surface area contributed by atoms with Crippen LogP contribution in [0.2, 0.25) is 0 Å². The van der Waals surface area contributed by atoms with Crippen molar-refractivity contribution in [2.24, 2.45) is 5.92 Å². The summed E-state index contributed by atoms with van der Waals surface area (Å²) in [5, 5.41) is 6.58. The highest BCUT2D eigenvalue weighted by Crippen LogP contribution is 2.22. The van der Waals surface area contributed by atoms with Crippen LogP contribution in [0.1, 0.15) is 40.0 Å². The topological polar surface area (TPSA) is 44.4 Å². The third kappa shape index (κ3) is 3.45. The van der Waals surface area contributed by atoms with Crippen LogP contribution in [0.3, 0.4) is 0 Å². The van der Waals surface area contributed by atoms with E-state index in [1.165, 1.54) is 0 Å². The zero-order chi connectivity index (χ0) is 13.3. The first kappa shape index (κ1) is 13.8. The van der Waals surface area contributed by atoms with Gasteiger partial charge >= 0.3 is 0 Å². The van der Waals surface area contributed by atoms with Crippen molar-refractivity contribution < 1.29 is 4.79 Å². The lowest BCUT2D eigenvalue weighted by Crippen LogP contribution is -2.55. The van der Waals surface area contributed by atoms with Crippen LogP contribution in [0.25, 0.3) is 0 Å². The summed E-state index contributed by atoms with van der Waals surface area (Å²) >= 11 is 0. The van der Waals surface area contributed by atoms with Gasteiger partial charge < -0.3 is 15.5 Å². The first-order valence-electron chi connectivity index (χ1n) is 7.24. The molecule has 18 heavy (non-hydrogen) atoms. The summed E-state index contributed by atoms with van der Waals surface area (Å²) in [7, 11) is 2.18. The average Bonchev–Trinajstić information content (AvgIpc) is 3.09. The second-order valence-corrected chi connectivity index (χ2v) is 6.28. The molecule has 0 aromatic rings. The first-order valence-corrected chi connectivity index (χ1v) is 7.24. The maximum absolute atomic E-state index is 11.9. The van der Waals surface area contributed by atoms with Crippen LogP contribution in [-0.2, 0) is 4.79 Å². The van der Waals surface area contributed by atoms with E-state index in [2.05, 4.69) is 36.4 Å². The van der Waals surface area contributed by atoms with Gasteiger partial charge in [-0.15, -0.1) is 0 Å². The molecule has 1 amide bonds. The van der Waals surface area contributed by atoms with Crippen LogP contribution in [-0.4, -0.2) is 48.6 Å². The standard InChI is InChI=1S/C14H27N3O/c1-9-8-17(4)10(2)7-13(9)15-11(3)14(18)16-12-5-6-12/h9-13,15H,5-8H2,1-4H3,(H,16,18). The molecule has 1 heterocycles. The van der Waals surface area contributed by atoms with Crippen molar-refractivity contribution in [2.45, 2.75) is 64.2 Å². The van der Waals surface area contributed by atoms with E-state index in [0.29, 0.717) is 24.0 Å². The molecule has 0 radical (unpaired) electrons.